The van der Waals surface area contributed by atoms with Crippen molar-refractivity contribution in [3.8, 4) is 11.5 Å². The molecule has 4 N–H and O–H groups in total. The third-order valence-electron chi connectivity index (χ3n) is 11.1. The van der Waals surface area contributed by atoms with Gasteiger partial charge < -0.3 is 29.7 Å². The Hall–Kier alpha value is -4.83. The third kappa shape index (κ3) is 10.5. The van der Waals surface area contributed by atoms with E-state index >= 15 is 0 Å². The van der Waals surface area contributed by atoms with Crippen molar-refractivity contribution in [2.24, 2.45) is 5.41 Å². The fourth-order valence-corrected chi connectivity index (χ4v) is 9.35. The number of thioether (sulfide) groups is 1. The molecular weight excluding hydrogens is 832 g/mol. The summed E-state index contributed by atoms with van der Waals surface area (Å²) in [6.07, 6.45) is -2.14. The van der Waals surface area contributed by atoms with E-state index in [0.29, 0.717) is 17.9 Å². The van der Waals surface area contributed by atoms with Crippen LogP contribution in [0.25, 0.3) is 0 Å². The largest absolute Gasteiger partial charge is 0.497 e. The van der Waals surface area contributed by atoms with Crippen LogP contribution in [-0.4, -0.2) is 75.9 Å². The van der Waals surface area contributed by atoms with Crippen LogP contribution < -0.4 is 25.6 Å². The molecule has 1 fully saturated rings. The highest BCUT2D eigenvalue weighted by molar-refractivity contribution is 8.13. The second-order valence-corrected chi connectivity index (χ2v) is 18.6. The standard InChI is InChI=1S/C46H55N4O10PS/c1-7-44(2,3)42(52)62-29-28-58-61(55,47-30-32-14-10-8-11-15-32)59-31-38-40(51)45(4,54)41(60-38)50-27-26-39(48-43(50)53)49-46(33-16-12-9-13-17-33,34-18-22-36(56-5)23-19-34)35-20-24-37(57-6)25-21-35/h8-27,38,40-41,51,54H,7,28-31H2,1-6H3,(H,47,55)(H,48,49,53)/t38-,40+,41-,45?,61?/m1/s1. The summed E-state index contributed by atoms with van der Waals surface area (Å²) >= 11 is 1.09. The molecule has 0 spiro atoms. The zero-order valence-electron chi connectivity index (χ0n) is 35.7. The number of ether oxygens (including phenoxy) is 3. The van der Waals surface area contributed by atoms with E-state index in [1.165, 1.54) is 13.1 Å². The van der Waals surface area contributed by atoms with Crippen molar-refractivity contribution in [2.75, 3.05) is 38.5 Å². The number of rotatable bonds is 20. The predicted octanol–water partition coefficient (Wildman–Crippen LogP) is 7.30. The lowest BCUT2D eigenvalue weighted by Gasteiger charge is -2.37. The molecular formula is C46H55N4O10PS. The number of nitrogens with zero attached hydrogens (tertiary/aromatic N) is 2. The first kappa shape index (κ1) is 46.7. The van der Waals surface area contributed by atoms with E-state index in [0.717, 1.165) is 38.6 Å². The maximum atomic E-state index is 14.1. The molecule has 2 unspecified atom stereocenters. The zero-order chi connectivity index (χ0) is 44.5. The molecule has 5 atom stereocenters. The number of nitrogens with one attached hydrogen (secondary N) is 2. The fraction of sp³-hybridized carbons (Fsp3) is 0.370. The lowest BCUT2D eigenvalue weighted by molar-refractivity contribution is -0.118. The summed E-state index contributed by atoms with van der Waals surface area (Å²) in [5.74, 6) is 1.77. The highest BCUT2D eigenvalue weighted by Crippen LogP contribution is 2.47. The van der Waals surface area contributed by atoms with Crippen molar-refractivity contribution in [3.63, 3.8) is 0 Å². The molecule has 14 nitrogen and oxygen atoms in total. The Morgan fingerprint density at radius 2 is 1.45 bits per heavy atom. The highest BCUT2D eigenvalue weighted by atomic mass is 32.2. The number of hydrogen-bond acceptors (Lipinski definition) is 13. The summed E-state index contributed by atoms with van der Waals surface area (Å²) in [7, 11) is -0.885. The summed E-state index contributed by atoms with van der Waals surface area (Å²) in [6.45, 7) is 6.59. The SMILES string of the molecule is CCC(C)(C)C(=O)SCCOP(=O)(NCc1ccccc1)OC[C@H]1O[C@@H](n2ccc(NC(c3ccccc3)(c3ccc(OC)cc3)c3ccc(OC)cc3)nc2=O)C(C)(O)[C@H]1O. The number of benzene rings is 4. The lowest BCUT2D eigenvalue weighted by atomic mass is 9.77. The monoisotopic (exact) mass is 886 g/mol. The summed E-state index contributed by atoms with van der Waals surface area (Å²) in [6, 6.07) is 35.7. The molecule has 2 heterocycles. The van der Waals surface area contributed by atoms with Crippen molar-refractivity contribution >= 4 is 30.4 Å². The third-order valence-corrected chi connectivity index (χ3v) is 13.9. The van der Waals surface area contributed by atoms with E-state index < -0.39 is 55.0 Å². The molecule has 0 radical (unpaired) electrons. The molecule has 1 aromatic heterocycles. The average Bonchev–Trinajstić information content (AvgIpc) is 3.52. The van der Waals surface area contributed by atoms with Gasteiger partial charge in [0.25, 0.3) is 0 Å². The molecule has 4 aromatic carbocycles. The van der Waals surface area contributed by atoms with Crippen molar-refractivity contribution in [2.45, 2.75) is 70.2 Å². The van der Waals surface area contributed by atoms with Gasteiger partial charge in [0.05, 0.1) is 27.4 Å². The van der Waals surface area contributed by atoms with Gasteiger partial charge in [0.15, 0.2) is 11.3 Å². The Labute approximate surface area is 366 Å². The minimum Gasteiger partial charge on any atom is -0.497 e. The number of anilines is 1. The molecule has 5 aromatic rings. The van der Waals surface area contributed by atoms with Gasteiger partial charge in [-0.2, -0.15) is 4.98 Å². The van der Waals surface area contributed by atoms with Gasteiger partial charge in [-0.1, -0.05) is 117 Å². The predicted molar refractivity (Wildman–Crippen MR) is 239 cm³/mol. The molecule has 1 aliphatic heterocycles. The smallest absolute Gasteiger partial charge is 0.405 e. The number of carbonyl (C=O) groups is 1. The second-order valence-electron chi connectivity index (χ2n) is 15.7. The first-order valence-electron chi connectivity index (χ1n) is 20.3. The van der Waals surface area contributed by atoms with Gasteiger partial charge in [-0.05, 0) is 65.9 Å². The van der Waals surface area contributed by atoms with Crippen LogP contribution in [0.3, 0.4) is 0 Å². The summed E-state index contributed by atoms with van der Waals surface area (Å²) < 4.78 is 43.8. The van der Waals surface area contributed by atoms with Crippen LogP contribution in [0.15, 0.2) is 126 Å². The number of aliphatic hydroxyl groups is 2. The number of carbonyl (C=O) groups excluding carboxylic acids is 1. The zero-order valence-corrected chi connectivity index (χ0v) is 37.4. The maximum absolute atomic E-state index is 14.1. The molecule has 0 aliphatic carbocycles. The van der Waals surface area contributed by atoms with Gasteiger partial charge in [0.2, 0.25) is 0 Å². The minimum absolute atomic E-state index is 0.00844. The van der Waals surface area contributed by atoms with Gasteiger partial charge in [0, 0.05) is 23.9 Å². The number of methoxy groups -OCH3 is 2. The minimum atomic E-state index is -4.08. The van der Waals surface area contributed by atoms with E-state index in [9.17, 15) is 24.4 Å². The topological polar surface area (TPSA) is 180 Å². The molecule has 0 bridgehead atoms. The molecule has 0 saturated carbocycles. The summed E-state index contributed by atoms with van der Waals surface area (Å²) in [5.41, 5.74) is -1.09. The van der Waals surface area contributed by atoms with Crippen molar-refractivity contribution in [3.05, 3.63) is 154 Å². The average molecular weight is 887 g/mol. The highest BCUT2D eigenvalue weighted by Gasteiger charge is 2.54. The molecule has 330 valence electrons. The van der Waals surface area contributed by atoms with Crippen molar-refractivity contribution in [1.82, 2.24) is 14.6 Å². The summed E-state index contributed by atoms with van der Waals surface area (Å²) in [5, 5.41) is 29.4. The Bertz CT molecular complexity index is 2300. The molecule has 0 amide bonds. The Kier molecular flexibility index (Phi) is 15.1. The van der Waals surface area contributed by atoms with Crippen LogP contribution in [0, 0.1) is 5.41 Å². The van der Waals surface area contributed by atoms with E-state index in [-0.39, 0.29) is 29.8 Å². The van der Waals surface area contributed by atoms with Gasteiger partial charge >= 0.3 is 13.4 Å². The van der Waals surface area contributed by atoms with Gasteiger partial charge in [-0.15, -0.1) is 0 Å². The van der Waals surface area contributed by atoms with Crippen LogP contribution in [0.5, 0.6) is 11.5 Å². The summed E-state index contributed by atoms with van der Waals surface area (Å²) in [4.78, 5) is 31.1. The van der Waals surface area contributed by atoms with Crippen LogP contribution in [0.4, 0.5) is 5.82 Å². The van der Waals surface area contributed by atoms with Gasteiger partial charge in [-0.25, -0.2) is 14.4 Å². The Morgan fingerprint density at radius 3 is 2.00 bits per heavy atom. The molecule has 1 saturated heterocycles. The van der Waals surface area contributed by atoms with E-state index in [1.54, 1.807) is 20.3 Å². The van der Waals surface area contributed by atoms with Crippen LogP contribution >= 0.6 is 19.5 Å². The first-order valence-corrected chi connectivity index (χ1v) is 22.8. The number of aliphatic hydroxyl groups excluding tert-OH is 1. The van der Waals surface area contributed by atoms with E-state index in [1.807, 2.05) is 130 Å². The fourth-order valence-electron chi connectivity index (χ4n) is 7.03. The van der Waals surface area contributed by atoms with Gasteiger partial charge in [0.1, 0.15) is 40.7 Å². The Morgan fingerprint density at radius 1 is 0.887 bits per heavy atom. The van der Waals surface area contributed by atoms with E-state index in [2.05, 4.69) is 15.4 Å². The van der Waals surface area contributed by atoms with Crippen LogP contribution in [0.1, 0.15) is 62.6 Å². The van der Waals surface area contributed by atoms with Crippen molar-refractivity contribution in [1.29, 1.82) is 0 Å². The molecule has 16 heteroatoms. The molecule has 62 heavy (non-hydrogen) atoms. The lowest BCUT2D eigenvalue weighted by Crippen LogP contribution is -2.46. The number of hydrogen-bond donors (Lipinski definition) is 4. The van der Waals surface area contributed by atoms with Gasteiger partial charge in [-0.3, -0.25) is 18.4 Å². The Balaban J connectivity index is 1.24. The normalized spacial score (nSPS) is 20.0. The van der Waals surface area contributed by atoms with E-state index in [4.69, 9.17) is 23.3 Å². The van der Waals surface area contributed by atoms with Crippen LogP contribution in [0.2, 0.25) is 0 Å². The quantitative estimate of drug-likeness (QED) is 0.0348. The number of aromatic nitrogens is 2. The van der Waals surface area contributed by atoms with Crippen LogP contribution in [-0.2, 0) is 35.2 Å². The maximum Gasteiger partial charge on any atom is 0.405 e. The second kappa shape index (κ2) is 20.1. The molecule has 6 rings (SSSR count). The first-order chi connectivity index (χ1) is 29.7. The molecule has 1 aliphatic rings. The van der Waals surface area contributed by atoms with Crippen molar-refractivity contribution < 1.29 is 42.8 Å².